The summed E-state index contributed by atoms with van der Waals surface area (Å²) in [5.74, 6) is 1.06. The van der Waals surface area contributed by atoms with Gasteiger partial charge in [0.15, 0.2) is 0 Å². The minimum atomic E-state index is 0.669. The summed E-state index contributed by atoms with van der Waals surface area (Å²) < 4.78 is 7.29. The summed E-state index contributed by atoms with van der Waals surface area (Å²) in [7, 11) is 1.72. The van der Waals surface area contributed by atoms with Crippen molar-refractivity contribution in [1.82, 2.24) is 14.9 Å². The van der Waals surface area contributed by atoms with E-state index in [1.54, 1.807) is 7.11 Å². The maximum atomic E-state index is 5.14. The molecule has 0 aliphatic heterocycles. The van der Waals surface area contributed by atoms with E-state index in [9.17, 15) is 0 Å². The number of rotatable bonds is 7. The molecule has 19 heavy (non-hydrogen) atoms. The van der Waals surface area contributed by atoms with Crippen molar-refractivity contribution >= 4 is 0 Å². The van der Waals surface area contributed by atoms with Crippen molar-refractivity contribution in [3.63, 3.8) is 0 Å². The molecule has 0 spiro atoms. The van der Waals surface area contributed by atoms with Gasteiger partial charge in [-0.3, -0.25) is 0 Å². The summed E-state index contributed by atoms with van der Waals surface area (Å²) in [5, 5.41) is 3.45. The van der Waals surface area contributed by atoms with Gasteiger partial charge in [0, 0.05) is 39.1 Å². The molecule has 1 N–H and O–H groups in total. The van der Waals surface area contributed by atoms with Gasteiger partial charge in [-0.2, -0.15) is 0 Å². The molecule has 0 amide bonds. The molecule has 2 aromatic rings. The summed E-state index contributed by atoms with van der Waals surface area (Å²) in [6, 6.07) is 8.47. The quantitative estimate of drug-likeness (QED) is 0.774. The molecule has 0 saturated carbocycles. The maximum Gasteiger partial charge on any atom is 0.105 e. The number of hydrogen-bond donors (Lipinski definition) is 1. The molecule has 4 nitrogen and oxygen atoms in total. The molecule has 4 heteroatoms. The minimum Gasteiger partial charge on any atom is -0.380 e. The van der Waals surface area contributed by atoms with E-state index < -0.39 is 0 Å². The highest BCUT2D eigenvalue weighted by atomic mass is 16.5. The molecular weight excluding hydrogens is 238 g/mol. The van der Waals surface area contributed by atoms with E-state index in [0.29, 0.717) is 6.61 Å². The number of aromatic nitrogens is 2. The molecule has 0 aliphatic carbocycles. The third kappa shape index (κ3) is 4.19. The van der Waals surface area contributed by atoms with Crippen molar-refractivity contribution in [2.45, 2.75) is 26.6 Å². The Labute approximate surface area is 114 Å². The highest BCUT2D eigenvalue weighted by Crippen LogP contribution is 2.06. The number of hydrogen-bond acceptors (Lipinski definition) is 3. The Balaban J connectivity index is 1.76. The van der Waals surface area contributed by atoms with E-state index in [2.05, 4.69) is 39.1 Å². The van der Waals surface area contributed by atoms with Gasteiger partial charge in [0.05, 0.1) is 6.61 Å². The Bertz CT molecular complexity index is 508. The SMILES string of the molecule is COCc1cccc(CNCCn2ccnc2C)c1. The molecule has 0 unspecified atom stereocenters. The van der Waals surface area contributed by atoms with Crippen LogP contribution in [0.5, 0.6) is 0 Å². The molecule has 0 bridgehead atoms. The van der Waals surface area contributed by atoms with Crippen molar-refractivity contribution in [3.05, 3.63) is 53.6 Å². The number of imidazole rings is 1. The van der Waals surface area contributed by atoms with Crippen LogP contribution in [0.4, 0.5) is 0 Å². The highest BCUT2D eigenvalue weighted by Gasteiger charge is 1.98. The van der Waals surface area contributed by atoms with Crippen LogP contribution in [0.25, 0.3) is 0 Å². The van der Waals surface area contributed by atoms with E-state index in [-0.39, 0.29) is 0 Å². The van der Waals surface area contributed by atoms with E-state index in [1.807, 2.05) is 19.3 Å². The van der Waals surface area contributed by atoms with Crippen LogP contribution in [0.3, 0.4) is 0 Å². The lowest BCUT2D eigenvalue weighted by Gasteiger charge is -2.08. The number of methoxy groups -OCH3 is 1. The Kier molecular flexibility index (Phi) is 5.12. The molecule has 0 aliphatic rings. The van der Waals surface area contributed by atoms with Gasteiger partial charge >= 0.3 is 0 Å². The zero-order valence-corrected chi connectivity index (χ0v) is 11.6. The van der Waals surface area contributed by atoms with Gasteiger partial charge in [-0.05, 0) is 18.1 Å². The largest absolute Gasteiger partial charge is 0.380 e. The molecule has 0 radical (unpaired) electrons. The van der Waals surface area contributed by atoms with Gasteiger partial charge < -0.3 is 14.6 Å². The fourth-order valence-electron chi connectivity index (χ4n) is 2.07. The molecule has 0 saturated heterocycles. The van der Waals surface area contributed by atoms with Crippen molar-refractivity contribution in [1.29, 1.82) is 0 Å². The van der Waals surface area contributed by atoms with Crippen molar-refractivity contribution < 1.29 is 4.74 Å². The van der Waals surface area contributed by atoms with Gasteiger partial charge in [-0.25, -0.2) is 4.98 Å². The molecular formula is C15H21N3O. The Morgan fingerprint density at radius 2 is 2.16 bits per heavy atom. The molecule has 1 aromatic carbocycles. The van der Waals surface area contributed by atoms with Crippen LogP contribution in [-0.2, 0) is 24.4 Å². The second kappa shape index (κ2) is 7.07. The predicted octanol–water partition coefficient (Wildman–Crippen LogP) is 2.13. The first-order valence-corrected chi connectivity index (χ1v) is 6.55. The second-order valence-electron chi connectivity index (χ2n) is 4.60. The van der Waals surface area contributed by atoms with E-state index >= 15 is 0 Å². The average molecular weight is 259 g/mol. The zero-order valence-electron chi connectivity index (χ0n) is 11.6. The highest BCUT2D eigenvalue weighted by molar-refractivity contribution is 5.22. The third-order valence-electron chi connectivity index (χ3n) is 3.08. The summed E-state index contributed by atoms with van der Waals surface area (Å²) in [6.07, 6.45) is 3.85. The normalized spacial score (nSPS) is 10.8. The first-order valence-electron chi connectivity index (χ1n) is 6.55. The summed E-state index contributed by atoms with van der Waals surface area (Å²) >= 11 is 0. The van der Waals surface area contributed by atoms with Crippen LogP contribution in [0.15, 0.2) is 36.7 Å². The predicted molar refractivity (Wildman–Crippen MR) is 75.8 cm³/mol. The number of ether oxygens (including phenoxy) is 1. The van der Waals surface area contributed by atoms with E-state index in [4.69, 9.17) is 4.74 Å². The van der Waals surface area contributed by atoms with Gasteiger partial charge in [0.25, 0.3) is 0 Å². The Morgan fingerprint density at radius 3 is 2.89 bits per heavy atom. The van der Waals surface area contributed by atoms with E-state index in [1.165, 1.54) is 11.1 Å². The van der Waals surface area contributed by atoms with Crippen molar-refractivity contribution in [2.24, 2.45) is 0 Å². The first kappa shape index (κ1) is 13.8. The summed E-state index contributed by atoms with van der Waals surface area (Å²) in [4.78, 5) is 4.21. The van der Waals surface area contributed by atoms with Crippen molar-refractivity contribution in [2.75, 3.05) is 13.7 Å². The number of nitrogens with zero attached hydrogens (tertiary/aromatic N) is 2. The van der Waals surface area contributed by atoms with Crippen LogP contribution in [0.1, 0.15) is 17.0 Å². The Hall–Kier alpha value is -1.65. The first-order chi connectivity index (χ1) is 9.29. The lowest BCUT2D eigenvalue weighted by Crippen LogP contribution is -2.19. The topological polar surface area (TPSA) is 39.1 Å². The van der Waals surface area contributed by atoms with Crippen LogP contribution >= 0.6 is 0 Å². The lowest BCUT2D eigenvalue weighted by molar-refractivity contribution is 0.185. The summed E-state index contributed by atoms with van der Waals surface area (Å²) in [6.45, 7) is 5.46. The lowest BCUT2D eigenvalue weighted by atomic mass is 10.1. The smallest absolute Gasteiger partial charge is 0.105 e. The summed E-state index contributed by atoms with van der Waals surface area (Å²) in [5.41, 5.74) is 2.50. The van der Waals surface area contributed by atoms with Crippen LogP contribution in [-0.4, -0.2) is 23.2 Å². The third-order valence-corrected chi connectivity index (χ3v) is 3.08. The van der Waals surface area contributed by atoms with Gasteiger partial charge in [0.1, 0.15) is 5.82 Å². The van der Waals surface area contributed by atoms with Gasteiger partial charge in [0.2, 0.25) is 0 Å². The Morgan fingerprint density at radius 1 is 1.32 bits per heavy atom. The van der Waals surface area contributed by atoms with Crippen LogP contribution in [0, 0.1) is 6.92 Å². The van der Waals surface area contributed by atoms with Crippen LogP contribution in [0.2, 0.25) is 0 Å². The molecule has 1 aromatic heterocycles. The number of nitrogens with one attached hydrogen (secondary N) is 1. The minimum absolute atomic E-state index is 0.669. The molecule has 102 valence electrons. The molecule has 1 heterocycles. The molecule has 2 rings (SSSR count). The molecule has 0 atom stereocenters. The van der Waals surface area contributed by atoms with Gasteiger partial charge in [-0.1, -0.05) is 24.3 Å². The standard InChI is InChI=1S/C15H21N3O/c1-13-17-7-9-18(13)8-6-16-11-14-4-3-5-15(10-14)12-19-2/h3-5,7,9-10,16H,6,8,11-12H2,1-2H3. The van der Waals surface area contributed by atoms with Crippen LogP contribution < -0.4 is 5.32 Å². The van der Waals surface area contributed by atoms with Crippen molar-refractivity contribution in [3.8, 4) is 0 Å². The average Bonchev–Trinajstić information content (AvgIpc) is 2.81. The zero-order chi connectivity index (χ0) is 13.5. The monoisotopic (exact) mass is 259 g/mol. The fraction of sp³-hybridized carbons (Fsp3) is 0.400. The number of benzene rings is 1. The molecule has 0 fully saturated rings. The second-order valence-corrected chi connectivity index (χ2v) is 4.60. The maximum absolute atomic E-state index is 5.14. The fourth-order valence-corrected chi connectivity index (χ4v) is 2.07. The van der Waals surface area contributed by atoms with Gasteiger partial charge in [-0.15, -0.1) is 0 Å². The number of aryl methyl sites for hydroxylation is 1. The van der Waals surface area contributed by atoms with E-state index in [0.717, 1.165) is 25.5 Å².